The number of nitrogens with one attached hydrogen (secondary N) is 1. The molecule has 2 amide bonds. The fourth-order valence-corrected chi connectivity index (χ4v) is 4.29. The molecule has 0 radical (unpaired) electrons. The van der Waals surface area contributed by atoms with Gasteiger partial charge in [0, 0.05) is 11.6 Å². The number of nitro benzene ring substituents is 2. The van der Waals surface area contributed by atoms with E-state index in [9.17, 15) is 29.8 Å². The summed E-state index contributed by atoms with van der Waals surface area (Å²) in [6.45, 7) is 0. The van der Waals surface area contributed by atoms with Crippen molar-refractivity contribution in [3.63, 3.8) is 0 Å². The zero-order valence-corrected chi connectivity index (χ0v) is 19.7. The van der Waals surface area contributed by atoms with Crippen molar-refractivity contribution in [1.29, 1.82) is 0 Å². The van der Waals surface area contributed by atoms with E-state index in [1.165, 1.54) is 18.2 Å². The Hall–Kier alpha value is -4.62. The Morgan fingerprint density at radius 2 is 1.75 bits per heavy atom. The summed E-state index contributed by atoms with van der Waals surface area (Å²) in [5.74, 6) is -0.994. The number of non-ortho nitro benzene ring substituents is 1. The third-order valence-electron chi connectivity index (χ3n) is 4.78. The highest BCUT2D eigenvalue weighted by Gasteiger charge is 2.33. The van der Waals surface area contributed by atoms with Gasteiger partial charge in [0.1, 0.15) is 5.75 Å². The fourth-order valence-electron chi connectivity index (χ4n) is 3.11. The maximum atomic E-state index is 12.8. The zero-order valence-electron chi connectivity index (χ0n) is 18.0. The van der Waals surface area contributed by atoms with Gasteiger partial charge in [-0.25, -0.2) is 0 Å². The first-order valence-electron chi connectivity index (χ1n) is 10.1. The summed E-state index contributed by atoms with van der Waals surface area (Å²) >= 11 is 6.23. The topological polar surface area (TPSA) is 145 Å². The van der Waals surface area contributed by atoms with Gasteiger partial charge < -0.3 is 4.74 Å². The highest BCUT2D eigenvalue weighted by atomic mass is 32.2. The summed E-state index contributed by atoms with van der Waals surface area (Å²) in [6.07, 6.45) is 1.53. The standard InChI is InChI=1S/C23H14N4O7S2/c28-21(15-6-2-1-3-7-15)24-25-22(29)20(36-23(25)35)12-14-5-4-8-17(11-14)34-19-10-9-16(26(30)31)13-18(19)27(32)33/h1-13H,(H,24,28). The predicted molar refractivity (Wildman–Crippen MR) is 135 cm³/mol. The Balaban J connectivity index is 1.53. The van der Waals surface area contributed by atoms with E-state index in [0.717, 1.165) is 35.0 Å². The van der Waals surface area contributed by atoms with Crippen LogP contribution in [-0.4, -0.2) is 31.0 Å². The molecule has 0 aromatic heterocycles. The van der Waals surface area contributed by atoms with E-state index in [0.29, 0.717) is 11.1 Å². The van der Waals surface area contributed by atoms with Crippen molar-refractivity contribution >= 4 is 57.6 Å². The SMILES string of the molecule is O=C(NN1C(=O)C(=Cc2cccc(Oc3ccc([N+](=O)[O-])cc3[N+](=O)[O-])c2)SC1=S)c1ccccc1. The maximum absolute atomic E-state index is 12.8. The van der Waals surface area contributed by atoms with Crippen molar-refractivity contribution < 1.29 is 24.2 Å². The second-order valence-corrected chi connectivity index (χ2v) is 8.84. The molecule has 0 saturated carbocycles. The van der Waals surface area contributed by atoms with Gasteiger partial charge in [0.25, 0.3) is 17.5 Å². The lowest BCUT2D eigenvalue weighted by Gasteiger charge is -2.15. The Morgan fingerprint density at radius 3 is 2.44 bits per heavy atom. The largest absolute Gasteiger partial charge is 0.450 e. The molecule has 0 aliphatic carbocycles. The average Bonchev–Trinajstić information content (AvgIpc) is 3.12. The second-order valence-electron chi connectivity index (χ2n) is 7.16. The zero-order chi connectivity index (χ0) is 25.8. The van der Waals surface area contributed by atoms with Crippen LogP contribution in [0.5, 0.6) is 11.5 Å². The summed E-state index contributed by atoms with van der Waals surface area (Å²) in [7, 11) is 0. The van der Waals surface area contributed by atoms with Gasteiger partial charge in [0.2, 0.25) is 5.75 Å². The van der Waals surface area contributed by atoms with Crippen LogP contribution in [0.3, 0.4) is 0 Å². The number of thiocarbonyl (C=S) groups is 1. The van der Waals surface area contributed by atoms with Crippen LogP contribution in [-0.2, 0) is 4.79 Å². The molecular weight excluding hydrogens is 508 g/mol. The molecular formula is C23H14N4O7S2. The maximum Gasteiger partial charge on any atom is 0.318 e. The number of carbonyl (C=O) groups excluding carboxylic acids is 2. The molecule has 1 fully saturated rings. The van der Waals surface area contributed by atoms with Crippen molar-refractivity contribution in [3.8, 4) is 11.5 Å². The molecule has 0 atom stereocenters. The first kappa shape index (κ1) is 24.5. The van der Waals surface area contributed by atoms with Gasteiger partial charge in [-0.3, -0.25) is 35.2 Å². The Morgan fingerprint density at radius 1 is 1.00 bits per heavy atom. The highest BCUT2D eigenvalue weighted by Crippen LogP contribution is 2.36. The molecule has 1 N–H and O–H groups in total. The average molecular weight is 523 g/mol. The molecule has 11 nitrogen and oxygen atoms in total. The molecule has 1 aliphatic heterocycles. The van der Waals surface area contributed by atoms with Gasteiger partial charge in [-0.1, -0.05) is 42.1 Å². The number of ether oxygens (including phenoxy) is 1. The molecule has 13 heteroatoms. The number of nitro groups is 2. The number of hydrogen-bond donors (Lipinski definition) is 1. The first-order chi connectivity index (χ1) is 17.2. The first-order valence-corrected chi connectivity index (χ1v) is 11.3. The summed E-state index contributed by atoms with van der Waals surface area (Å²) in [6, 6.07) is 17.7. The molecule has 1 heterocycles. The van der Waals surface area contributed by atoms with Crippen LogP contribution >= 0.6 is 24.0 Å². The molecule has 1 saturated heterocycles. The van der Waals surface area contributed by atoms with Gasteiger partial charge in [-0.05, 0) is 54.2 Å². The van der Waals surface area contributed by atoms with Gasteiger partial charge in [-0.15, -0.1) is 0 Å². The van der Waals surface area contributed by atoms with Crippen LogP contribution in [0.4, 0.5) is 11.4 Å². The molecule has 1 aliphatic rings. The predicted octanol–water partition coefficient (Wildman–Crippen LogP) is 4.84. The van der Waals surface area contributed by atoms with Gasteiger partial charge in [-0.2, -0.15) is 5.01 Å². The second kappa shape index (κ2) is 10.3. The van der Waals surface area contributed by atoms with E-state index < -0.39 is 33.0 Å². The lowest BCUT2D eigenvalue weighted by atomic mass is 10.2. The van der Waals surface area contributed by atoms with Gasteiger partial charge >= 0.3 is 5.69 Å². The highest BCUT2D eigenvalue weighted by molar-refractivity contribution is 8.26. The Kier molecular flexibility index (Phi) is 7.03. The molecule has 0 unspecified atom stereocenters. The normalized spacial score (nSPS) is 14.1. The van der Waals surface area contributed by atoms with E-state index >= 15 is 0 Å². The van der Waals surface area contributed by atoms with Gasteiger partial charge in [0.05, 0.1) is 20.8 Å². The van der Waals surface area contributed by atoms with E-state index in [1.807, 2.05) is 0 Å². The van der Waals surface area contributed by atoms with Crippen LogP contribution in [0.2, 0.25) is 0 Å². The van der Waals surface area contributed by atoms with Crippen molar-refractivity contribution in [1.82, 2.24) is 10.4 Å². The van der Waals surface area contributed by atoms with Crippen LogP contribution in [0, 0.1) is 20.2 Å². The molecule has 3 aromatic rings. The number of hydrazine groups is 1. The molecule has 180 valence electrons. The summed E-state index contributed by atoms with van der Waals surface area (Å²) in [5, 5.41) is 23.3. The minimum absolute atomic E-state index is 0.143. The van der Waals surface area contributed by atoms with E-state index in [1.54, 1.807) is 42.5 Å². The Bertz CT molecular complexity index is 1440. The monoisotopic (exact) mass is 522 g/mol. The summed E-state index contributed by atoms with van der Waals surface area (Å²) in [4.78, 5) is 46.3. The minimum Gasteiger partial charge on any atom is -0.450 e. The number of rotatable bonds is 7. The smallest absolute Gasteiger partial charge is 0.318 e. The lowest BCUT2D eigenvalue weighted by molar-refractivity contribution is -0.394. The van der Waals surface area contributed by atoms with Crippen LogP contribution in [0.1, 0.15) is 15.9 Å². The van der Waals surface area contributed by atoms with E-state index in [4.69, 9.17) is 17.0 Å². The van der Waals surface area contributed by atoms with Gasteiger partial charge in [0.15, 0.2) is 4.32 Å². The molecule has 0 bridgehead atoms. The van der Waals surface area contributed by atoms with Crippen molar-refractivity contribution in [3.05, 3.63) is 109 Å². The fraction of sp³-hybridized carbons (Fsp3) is 0. The van der Waals surface area contributed by atoms with Crippen LogP contribution in [0.15, 0.2) is 77.7 Å². The van der Waals surface area contributed by atoms with Crippen molar-refractivity contribution in [2.45, 2.75) is 0 Å². The van der Waals surface area contributed by atoms with Crippen molar-refractivity contribution in [2.24, 2.45) is 0 Å². The quantitative estimate of drug-likeness (QED) is 0.199. The lowest BCUT2D eigenvalue weighted by Crippen LogP contribution is -2.44. The third kappa shape index (κ3) is 5.37. The van der Waals surface area contributed by atoms with E-state index in [-0.39, 0.29) is 20.7 Å². The van der Waals surface area contributed by atoms with Crippen LogP contribution in [0.25, 0.3) is 6.08 Å². The number of hydrogen-bond acceptors (Lipinski definition) is 9. The third-order valence-corrected chi connectivity index (χ3v) is 6.08. The molecule has 3 aromatic carbocycles. The minimum atomic E-state index is -0.777. The summed E-state index contributed by atoms with van der Waals surface area (Å²) < 4.78 is 5.75. The van der Waals surface area contributed by atoms with Crippen LogP contribution < -0.4 is 10.2 Å². The molecule has 4 rings (SSSR count). The number of benzene rings is 3. The molecule has 0 spiro atoms. The Labute approximate surface area is 212 Å². The van der Waals surface area contributed by atoms with Crippen molar-refractivity contribution in [2.75, 3.05) is 0 Å². The van der Waals surface area contributed by atoms with E-state index in [2.05, 4.69) is 5.43 Å². The summed E-state index contributed by atoms with van der Waals surface area (Å²) in [5.41, 5.74) is 2.37. The number of thioether (sulfide) groups is 1. The molecule has 36 heavy (non-hydrogen) atoms. The number of amides is 2. The number of carbonyl (C=O) groups is 2. The number of nitrogens with zero attached hydrogens (tertiary/aromatic N) is 3.